The van der Waals surface area contributed by atoms with Gasteiger partial charge in [0.1, 0.15) is 6.61 Å². The van der Waals surface area contributed by atoms with Crippen LogP contribution in [0.4, 0.5) is 0 Å². The molecule has 0 aliphatic rings. The number of hydrogen-bond acceptors (Lipinski definition) is 3. The van der Waals surface area contributed by atoms with Crippen LogP contribution in [0.5, 0.6) is 0 Å². The summed E-state index contributed by atoms with van der Waals surface area (Å²) in [6.07, 6.45) is 36.7. The van der Waals surface area contributed by atoms with E-state index in [4.69, 9.17) is 4.74 Å². The number of ether oxygens (including phenoxy) is 1. The van der Waals surface area contributed by atoms with Crippen LogP contribution in [0.25, 0.3) is 0 Å². The summed E-state index contributed by atoms with van der Waals surface area (Å²) in [6.45, 7) is 4.97. The van der Waals surface area contributed by atoms with Crippen molar-refractivity contribution in [3.8, 4) is 0 Å². The average molecular weight is 498 g/mol. The molecule has 0 saturated heterocycles. The second-order valence-corrected chi connectivity index (χ2v) is 10.6. The van der Waals surface area contributed by atoms with Crippen molar-refractivity contribution in [2.45, 2.75) is 142 Å². The summed E-state index contributed by atoms with van der Waals surface area (Å²) < 4.78 is 5.27. The summed E-state index contributed by atoms with van der Waals surface area (Å²) in [4.78, 5) is 15.8. The van der Waals surface area contributed by atoms with Gasteiger partial charge >= 0.3 is 5.97 Å². The Morgan fingerprint density at radius 1 is 0.750 bits per heavy atom. The van der Waals surface area contributed by atoms with Gasteiger partial charge in [0.15, 0.2) is 0 Å². The highest BCUT2D eigenvalue weighted by Gasteiger charge is 2.02. The third-order valence-electron chi connectivity index (χ3n) is 6.61. The summed E-state index contributed by atoms with van der Waals surface area (Å²) >= 11 is 0. The number of pyridine rings is 1. The third-order valence-corrected chi connectivity index (χ3v) is 6.61. The van der Waals surface area contributed by atoms with Gasteiger partial charge in [-0.2, -0.15) is 0 Å². The number of aromatic nitrogens is 1. The Morgan fingerprint density at radius 3 is 1.83 bits per heavy atom. The fourth-order valence-electron chi connectivity index (χ4n) is 4.33. The van der Waals surface area contributed by atoms with E-state index in [0.29, 0.717) is 13.0 Å². The minimum absolute atomic E-state index is 0.131. The Balaban J connectivity index is 1.77. The molecule has 3 nitrogen and oxygen atoms in total. The smallest absolute Gasteiger partial charge is 0.306 e. The number of unbranched alkanes of at least 4 members (excludes halogenated alkanes) is 14. The predicted octanol–water partition coefficient (Wildman–Crippen LogP) is 10.3. The van der Waals surface area contributed by atoms with Gasteiger partial charge in [-0.05, 0) is 50.5 Å². The average Bonchev–Trinajstić information content (AvgIpc) is 2.88. The monoisotopic (exact) mass is 497 g/mol. The highest BCUT2D eigenvalue weighted by molar-refractivity contribution is 5.69. The lowest BCUT2D eigenvalue weighted by Gasteiger charge is -2.04. The van der Waals surface area contributed by atoms with E-state index in [2.05, 4.69) is 43.1 Å². The van der Waals surface area contributed by atoms with Gasteiger partial charge in [0.2, 0.25) is 0 Å². The molecule has 1 heterocycles. The van der Waals surface area contributed by atoms with E-state index in [1.807, 2.05) is 12.1 Å². The minimum atomic E-state index is -0.131. The number of hydrogen-bond donors (Lipinski definition) is 0. The lowest BCUT2D eigenvalue weighted by molar-refractivity contribution is -0.145. The topological polar surface area (TPSA) is 39.2 Å². The van der Waals surface area contributed by atoms with Gasteiger partial charge in [-0.3, -0.25) is 9.78 Å². The Bertz CT molecular complexity index is 666. The van der Waals surface area contributed by atoms with Crippen molar-refractivity contribution in [2.24, 2.45) is 5.92 Å². The van der Waals surface area contributed by atoms with Crippen LogP contribution in [0.2, 0.25) is 0 Å². The fraction of sp³-hybridized carbons (Fsp3) is 0.697. The van der Waals surface area contributed by atoms with Gasteiger partial charge in [-0.15, -0.1) is 0 Å². The van der Waals surface area contributed by atoms with Gasteiger partial charge in [-0.1, -0.05) is 121 Å². The van der Waals surface area contributed by atoms with E-state index in [1.165, 1.54) is 89.9 Å². The van der Waals surface area contributed by atoms with E-state index in [9.17, 15) is 4.79 Å². The molecule has 0 bridgehead atoms. The van der Waals surface area contributed by atoms with Gasteiger partial charge in [0.05, 0.1) is 0 Å². The van der Waals surface area contributed by atoms with Crippen LogP contribution in [0.15, 0.2) is 48.8 Å². The molecule has 0 aliphatic carbocycles. The molecule has 1 rings (SSSR count). The van der Waals surface area contributed by atoms with E-state index in [0.717, 1.165) is 37.2 Å². The Labute approximate surface area is 223 Å². The van der Waals surface area contributed by atoms with Crippen molar-refractivity contribution in [3.05, 3.63) is 54.4 Å². The molecule has 0 unspecified atom stereocenters. The zero-order valence-corrected chi connectivity index (χ0v) is 23.6. The van der Waals surface area contributed by atoms with Crippen LogP contribution in [0.3, 0.4) is 0 Å². The second-order valence-electron chi connectivity index (χ2n) is 10.6. The normalized spacial score (nSPS) is 11.8. The van der Waals surface area contributed by atoms with Crippen molar-refractivity contribution in [3.63, 3.8) is 0 Å². The maximum atomic E-state index is 11.8. The molecule has 204 valence electrons. The molecule has 0 radical (unpaired) electrons. The first-order valence-corrected chi connectivity index (χ1v) is 15.0. The third kappa shape index (κ3) is 22.6. The molecule has 1 aromatic rings. The Hall–Kier alpha value is -1.90. The summed E-state index contributed by atoms with van der Waals surface area (Å²) in [7, 11) is 0. The molecule has 0 N–H and O–H groups in total. The molecule has 0 saturated carbocycles. The van der Waals surface area contributed by atoms with Crippen LogP contribution in [-0.2, 0) is 16.1 Å². The molecule has 0 fully saturated rings. The van der Waals surface area contributed by atoms with Crippen molar-refractivity contribution < 1.29 is 9.53 Å². The number of esters is 1. The van der Waals surface area contributed by atoms with Gasteiger partial charge < -0.3 is 4.74 Å². The summed E-state index contributed by atoms with van der Waals surface area (Å²) in [6, 6.07) is 3.77. The lowest BCUT2D eigenvalue weighted by Crippen LogP contribution is -2.04. The molecular formula is C33H55NO2. The number of allylic oxidation sites excluding steroid dienone is 4. The Morgan fingerprint density at radius 2 is 1.28 bits per heavy atom. The highest BCUT2D eigenvalue weighted by Crippen LogP contribution is 2.14. The Kier molecular flexibility index (Phi) is 22.1. The van der Waals surface area contributed by atoms with Crippen molar-refractivity contribution in [2.75, 3.05) is 0 Å². The van der Waals surface area contributed by atoms with E-state index in [1.54, 1.807) is 12.4 Å². The first-order chi connectivity index (χ1) is 17.7. The molecular weight excluding hydrogens is 442 g/mol. The van der Waals surface area contributed by atoms with Crippen LogP contribution in [0.1, 0.15) is 141 Å². The molecule has 0 aliphatic heterocycles. The molecule has 1 aromatic heterocycles. The number of carbonyl (C=O) groups is 1. The van der Waals surface area contributed by atoms with E-state index < -0.39 is 0 Å². The predicted molar refractivity (Wildman–Crippen MR) is 155 cm³/mol. The highest BCUT2D eigenvalue weighted by atomic mass is 16.5. The summed E-state index contributed by atoms with van der Waals surface area (Å²) in [5.41, 5.74) is 0.929. The van der Waals surface area contributed by atoms with Crippen LogP contribution in [0, 0.1) is 5.92 Å². The first-order valence-electron chi connectivity index (χ1n) is 15.0. The van der Waals surface area contributed by atoms with Crippen molar-refractivity contribution in [1.29, 1.82) is 0 Å². The largest absolute Gasteiger partial charge is 0.461 e. The van der Waals surface area contributed by atoms with Gasteiger partial charge in [-0.25, -0.2) is 0 Å². The van der Waals surface area contributed by atoms with Crippen LogP contribution < -0.4 is 0 Å². The molecule has 0 amide bonds. The maximum Gasteiger partial charge on any atom is 0.306 e. The fourth-order valence-corrected chi connectivity index (χ4v) is 4.33. The summed E-state index contributed by atoms with van der Waals surface area (Å²) in [5, 5.41) is 0. The van der Waals surface area contributed by atoms with E-state index in [-0.39, 0.29) is 5.97 Å². The second kappa shape index (κ2) is 24.8. The minimum Gasteiger partial charge on any atom is -0.461 e. The lowest BCUT2D eigenvalue weighted by atomic mass is 10.0. The van der Waals surface area contributed by atoms with Crippen LogP contribution in [-0.4, -0.2) is 11.0 Å². The summed E-state index contributed by atoms with van der Waals surface area (Å²) in [5.74, 6) is 0.745. The number of rotatable bonds is 24. The SMILES string of the molecule is CC(C)CCCCCCCCCCCCCC/C=C\CC/C=C\CCCC(=O)OCc1cccnc1. The van der Waals surface area contributed by atoms with Gasteiger partial charge in [0, 0.05) is 24.4 Å². The van der Waals surface area contributed by atoms with E-state index >= 15 is 0 Å². The molecule has 0 aromatic carbocycles. The van der Waals surface area contributed by atoms with Crippen LogP contribution >= 0.6 is 0 Å². The van der Waals surface area contributed by atoms with Crippen molar-refractivity contribution >= 4 is 5.97 Å². The number of carbonyl (C=O) groups excluding carboxylic acids is 1. The molecule has 0 spiro atoms. The van der Waals surface area contributed by atoms with Gasteiger partial charge in [0.25, 0.3) is 0 Å². The standard InChI is InChI=1S/C33H55NO2/c1-31(2)25-22-20-18-16-14-12-10-8-6-4-3-5-7-9-11-13-15-17-19-21-23-27-33(35)36-30-32-26-24-28-34-29-32/h9,11,17,19,24,26,28-29,31H,3-8,10,12-16,18,20-23,25,27,30H2,1-2H3/b11-9-,19-17-. The zero-order chi connectivity index (χ0) is 25.9. The maximum absolute atomic E-state index is 11.8. The molecule has 36 heavy (non-hydrogen) atoms. The first kappa shape index (κ1) is 32.1. The number of nitrogens with zero attached hydrogens (tertiary/aromatic N) is 1. The molecule has 0 atom stereocenters. The zero-order valence-electron chi connectivity index (χ0n) is 23.6. The van der Waals surface area contributed by atoms with Crippen molar-refractivity contribution in [1.82, 2.24) is 4.98 Å². The molecule has 3 heteroatoms. The quantitative estimate of drug-likeness (QED) is 0.0810.